The number of carbonyl (C=O) groups excluding carboxylic acids is 2. The van der Waals surface area contributed by atoms with Gasteiger partial charge < -0.3 is 20.1 Å². The van der Waals surface area contributed by atoms with E-state index in [0.29, 0.717) is 38.0 Å². The van der Waals surface area contributed by atoms with Crippen LogP contribution in [-0.2, 0) is 20.8 Å². The Hall–Kier alpha value is -4.21. The van der Waals surface area contributed by atoms with Gasteiger partial charge in [0.1, 0.15) is 11.3 Å². The van der Waals surface area contributed by atoms with Crippen molar-refractivity contribution in [3.63, 3.8) is 0 Å². The Morgan fingerprint density at radius 1 is 1.17 bits per heavy atom. The van der Waals surface area contributed by atoms with E-state index in [2.05, 4.69) is 25.2 Å². The average molecular weight is 628 g/mol. The molecule has 2 N–H and O–H groups in total. The third-order valence-corrected chi connectivity index (χ3v) is 10.3. The van der Waals surface area contributed by atoms with Gasteiger partial charge in [-0.2, -0.15) is 5.10 Å². The van der Waals surface area contributed by atoms with Gasteiger partial charge in [0.2, 0.25) is 11.8 Å². The number of carbonyl (C=O) groups is 3. The van der Waals surface area contributed by atoms with Gasteiger partial charge in [-0.15, -0.1) is 0 Å². The summed E-state index contributed by atoms with van der Waals surface area (Å²) in [7, 11) is 3.47. The Labute approximate surface area is 270 Å². The Morgan fingerprint density at radius 2 is 1.96 bits per heavy atom. The van der Waals surface area contributed by atoms with Gasteiger partial charge in [-0.1, -0.05) is 26.0 Å². The van der Waals surface area contributed by atoms with E-state index < -0.39 is 23.3 Å². The number of hydrogen-bond donors (Lipinski definition) is 2. The van der Waals surface area contributed by atoms with Crippen molar-refractivity contribution in [1.82, 2.24) is 25.0 Å². The van der Waals surface area contributed by atoms with Crippen LogP contribution < -0.4 is 10.1 Å². The van der Waals surface area contributed by atoms with Gasteiger partial charge in [-0.05, 0) is 93.5 Å². The minimum Gasteiger partial charge on any atom is -0.496 e. The van der Waals surface area contributed by atoms with E-state index in [4.69, 9.17) is 14.8 Å². The van der Waals surface area contributed by atoms with Crippen molar-refractivity contribution in [2.24, 2.45) is 23.7 Å². The molecule has 3 heterocycles. The van der Waals surface area contributed by atoms with Crippen molar-refractivity contribution in [3.8, 4) is 11.6 Å². The zero-order valence-corrected chi connectivity index (χ0v) is 27.5. The standard InChI is InChI=1S/C36H45N5O5/c1-21(2)29-13-15-41(39-29)31-19-24(26-11-12-30(46-5)22(3)32(26)37-31)16-23-17-27-28(18-23)34(43)40(4)14-9-7-6-8-10-25-20-36(25,35(44)45)38-33(27)42/h8,10-13,15,19,21,23,25,27-28H,6-7,9,14,16-18,20H2,1-5H3,(H,38,42)(H,44,45)/b10-8-/t23-,25-,27-,28-,36-/m1/s1. The van der Waals surface area contributed by atoms with Crippen LogP contribution in [0.5, 0.6) is 5.75 Å². The van der Waals surface area contributed by atoms with Crippen LogP contribution in [0, 0.1) is 30.6 Å². The highest BCUT2D eigenvalue weighted by atomic mass is 16.5. The van der Waals surface area contributed by atoms with E-state index in [9.17, 15) is 19.5 Å². The number of nitrogens with zero attached hydrogens (tertiary/aromatic N) is 4. The second kappa shape index (κ2) is 12.5. The maximum absolute atomic E-state index is 13.9. The molecule has 0 radical (unpaired) electrons. The number of aromatic nitrogens is 3. The molecule has 46 heavy (non-hydrogen) atoms. The van der Waals surface area contributed by atoms with Crippen LogP contribution in [-0.4, -0.2) is 68.8 Å². The number of rotatable bonds is 6. The molecule has 10 nitrogen and oxygen atoms in total. The molecule has 244 valence electrons. The Bertz CT molecular complexity index is 1700. The van der Waals surface area contributed by atoms with E-state index in [0.717, 1.165) is 52.7 Å². The molecule has 5 atom stereocenters. The van der Waals surface area contributed by atoms with Crippen LogP contribution in [0.15, 0.2) is 42.6 Å². The zero-order chi connectivity index (χ0) is 32.7. The molecule has 2 aliphatic carbocycles. The molecule has 2 saturated carbocycles. The van der Waals surface area contributed by atoms with Gasteiger partial charge >= 0.3 is 5.97 Å². The second-order valence-corrected chi connectivity index (χ2v) is 13.8. The molecule has 1 aliphatic heterocycles. The third kappa shape index (κ3) is 5.89. The molecule has 10 heteroatoms. The van der Waals surface area contributed by atoms with Crippen molar-refractivity contribution >= 4 is 28.7 Å². The molecule has 0 spiro atoms. The van der Waals surface area contributed by atoms with Crippen LogP contribution in [0.3, 0.4) is 0 Å². The minimum atomic E-state index is -1.29. The van der Waals surface area contributed by atoms with Gasteiger partial charge in [-0.25, -0.2) is 14.5 Å². The Kier molecular flexibility index (Phi) is 8.65. The molecular weight excluding hydrogens is 582 g/mol. The summed E-state index contributed by atoms with van der Waals surface area (Å²) >= 11 is 0. The highest BCUT2D eigenvalue weighted by Crippen LogP contribution is 2.47. The number of fused-ring (bicyclic) bond motifs is 3. The number of ether oxygens (including phenoxy) is 1. The number of amides is 2. The predicted octanol–water partition coefficient (Wildman–Crippen LogP) is 5.20. The number of hydrogen-bond acceptors (Lipinski definition) is 6. The second-order valence-electron chi connectivity index (χ2n) is 13.8. The smallest absolute Gasteiger partial charge is 0.330 e. The molecular formula is C36H45N5O5. The highest BCUT2D eigenvalue weighted by Gasteiger charge is 2.61. The van der Waals surface area contributed by atoms with Crippen LogP contribution in [0.1, 0.15) is 75.1 Å². The molecule has 3 aromatic rings. The summed E-state index contributed by atoms with van der Waals surface area (Å²) in [5.41, 5.74) is 2.51. The number of methoxy groups -OCH3 is 1. The molecule has 6 rings (SSSR count). The fourth-order valence-electron chi connectivity index (χ4n) is 7.47. The molecule has 2 aromatic heterocycles. The minimum absolute atomic E-state index is 0.0363. The van der Waals surface area contributed by atoms with E-state index in [-0.39, 0.29) is 29.6 Å². The number of nitrogens with one attached hydrogen (secondary N) is 1. The summed E-state index contributed by atoms with van der Waals surface area (Å²) in [5, 5.41) is 18.8. The lowest BCUT2D eigenvalue weighted by Gasteiger charge is -2.26. The molecule has 3 aliphatic rings. The van der Waals surface area contributed by atoms with Gasteiger partial charge in [-0.3, -0.25) is 9.59 Å². The van der Waals surface area contributed by atoms with E-state index >= 15 is 0 Å². The van der Waals surface area contributed by atoms with E-state index in [1.165, 1.54) is 0 Å². The lowest BCUT2D eigenvalue weighted by Crippen LogP contribution is -2.49. The SMILES string of the molecule is COc1ccc2c(C[C@@H]3C[C@H]4C(=O)N[C@]5(C(=O)O)C[C@H]5/C=C\CCCCN(C)C(=O)[C@@H]4C3)cc(-n3ccc(C(C)C)n3)nc2c1C. The molecule has 2 amide bonds. The number of carboxylic acids is 1. The van der Waals surface area contributed by atoms with Crippen molar-refractivity contribution in [2.75, 3.05) is 20.7 Å². The number of pyridine rings is 1. The van der Waals surface area contributed by atoms with Crippen molar-refractivity contribution < 1.29 is 24.2 Å². The molecule has 2 fully saturated rings. The van der Waals surface area contributed by atoms with Crippen molar-refractivity contribution in [1.29, 1.82) is 0 Å². The lowest BCUT2D eigenvalue weighted by molar-refractivity contribution is -0.145. The van der Waals surface area contributed by atoms with Crippen molar-refractivity contribution in [3.05, 3.63) is 59.4 Å². The van der Waals surface area contributed by atoms with E-state index in [1.54, 1.807) is 12.0 Å². The number of benzene rings is 1. The number of carboxylic acid groups (broad SMARTS) is 1. The van der Waals surface area contributed by atoms with Crippen LogP contribution >= 0.6 is 0 Å². The van der Waals surface area contributed by atoms with Gasteiger partial charge in [0.05, 0.1) is 18.3 Å². The first-order chi connectivity index (χ1) is 22.0. The van der Waals surface area contributed by atoms with Crippen LogP contribution in [0.4, 0.5) is 0 Å². The topological polar surface area (TPSA) is 127 Å². The fraction of sp³-hybridized carbons (Fsp3) is 0.528. The van der Waals surface area contributed by atoms with Gasteiger partial charge in [0, 0.05) is 48.5 Å². The first kappa shape index (κ1) is 31.8. The summed E-state index contributed by atoms with van der Waals surface area (Å²) in [4.78, 5) is 46.9. The number of allylic oxidation sites excluding steroid dienone is 1. The summed E-state index contributed by atoms with van der Waals surface area (Å²) in [6.07, 6.45) is 10.5. The average Bonchev–Trinajstić information content (AvgIpc) is 3.33. The molecule has 0 unspecified atom stereocenters. The summed E-state index contributed by atoms with van der Waals surface area (Å²) in [5.74, 6) is -0.955. The maximum atomic E-state index is 13.9. The fourth-order valence-corrected chi connectivity index (χ4v) is 7.47. The Balaban J connectivity index is 1.35. The zero-order valence-electron chi connectivity index (χ0n) is 27.5. The Morgan fingerprint density at radius 3 is 2.67 bits per heavy atom. The summed E-state index contributed by atoms with van der Waals surface area (Å²) < 4.78 is 7.43. The summed E-state index contributed by atoms with van der Waals surface area (Å²) in [6.45, 7) is 6.84. The van der Waals surface area contributed by atoms with Crippen LogP contribution in [0.2, 0.25) is 0 Å². The monoisotopic (exact) mass is 627 g/mol. The first-order valence-electron chi connectivity index (χ1n) is 16.5. The highest BCUT2D eigenvalue weighted by molar-refractivity contribution is 5.94. The van der Waals surface area contributed by atoms with Crippen molar-refractivity contribution in [2.45, 2.75) is 77.2 Å². The molecule has 0 saturated heterocycles. The largest absolute Gasteiger partial charge is 0.496 e. The van der Waals surface area contributed by atoms with Crippen LogP contribution in [0.25, 0.3) is 16.7 Å². The predicted molar refractivity (Wildman–Crippen MR) is 175 cm³/mol. The van der Waals surface area contributed by atoms with Gasteiger partial charge in [0.25, 0.3) is 0 Å². The normalized spacial score (nSPS) is 27.6. The van der Waals surface area contributed by atoms with E-state index in [1.807, 2.05) is 55.2 Å². The lowest BCUT2D eigenvalue weighted by atomic mass is 9.93. The third-order valence-electron chi connectivity index (χ3n) is 10.3. The molecule has 1 aromatic carbocycles. The maximum Gasteiger partial charge on any atom is 0.330 e. The first-order valence-corrected chi connectivity index (χ1v) is 16.5. The summed E-state index contributed by atoms with van der Waals surface area (Å²) in [6, 6.07) is 8.06. The molecule has 0 bridgehead atoms. The number of aliphatic carboxylic acids is 1. The quantitative estimate of drug-likeness (QED) is 0.360. The number of aryl methyl sites for hydroxylation is 1. The van der Waals surface area contributed by atoms with Gasteiger partial charge in [0.15, 0.2) is 5.82 Å².